The summed E-state index contributed by atoms with van der Waals surface area (Å²) in [6, 6.07) is 13.2. The molecular formula is C23H26FNO2. The highest BCUT2D eigenvalue weighted by molar-refractivity contribution is 6.14. The average Bonchev–Trinajstić information content (AvgIpc) is 3.06. The van der Waals surface area contributed by atoms with Crippen LogP contribution < -0.4 is 5.32 Å². The molecule has 2 aromatic carbocycles. The molecule has 0 unspecified atom stereocenters. The molecular weight excluding hydrogens is 341 g/mol. The molecule has 1 aromatic heterocycles. The second-order valence-electron chi connectivity index (χ2n) is 6.83. The Kier molecular flexibility index (Phi) is 6.64. The van der Waals surface area contributed by atoms with Crippen molar-refractivity contribution in [1.29, 1.82) is 0 Å². The van der Waals surface area contributed by atoms with Crippen LogP contribution >= 0.6 is 0 Å². The minimum Gasteiger partial charge on any atom is -0.450 e. The van der Waals surface area contributed by atoms with E-state index >= 15 is 0 Å². The SMILES string of the molecule is CCCCCCCCNc1c(C(=O)c2ccc(F)cc2)oc2ccccc12. The van der Waals surface area contributed by atoms with Gasteiger partial charge in [-0.1, -0.05) is 51.2 Å². The highest BCUT2D eigenvalue weighted by Crippen LogP contribution is 2.32. The molecule has 1 heterocycles. The first-order valence-electron chi connectivity index (χ1n) is 9.76. The van der Waals surface area contributed by atoms with Crippen molar-refractivity contribution in [3.63, 3.8) is 0 Å². The zero-order chi connectivity index (χ0) is 19.1. The zero-order valence-electron chi connectivity index (χ0n) is 15.8. The first kappa shape index (κ1) is 19.2. The molecule has 3 aromatic rings. The molecule has 0 aliphatic heterocycles. The van der Waals surface area contributed by atoms with Crippen molar-refractivity contribution >= 4 is 22.4 Å². The number of unbranched alkanes of at least 4 members (excludes halogenated alkanes) is 5. The molecule has 0 spiro atoms. The van der Waals surface area contributed by atoms with Gasteiger partial charge < -0.3 is 9.73 Å². The molecule has 4 heteroatoms. The van der Waals surface area contributed by atoms with Crippen LogP contribution in [0.5, 0.6) is 0 Å². The van der Waals surface area contributed by atoms with E-state index in [1.54, 1.807) is 0 Å². The Morgan fingerprint density at radius 2 is 1.67 bits per heavy atom. The predicted octanol–water partition coefficient (Wildman–Crippen LogP) is 6.58. The van der Waals surface area contributed by atoms with E-state index in [0.29, 0.717) is 11.1 Å². The topological polar surface area (TPSA) is 42.2 Å². The van der Waals surface area contributed by atoms with Gasteiger partial charge in [0, 0.05) is 17.5 Å². The molecule has 3 nitrogen and oxygen atoms in total. The van der Waals surface area contributed by atoms with Gasteiger partial charge in [-0.2, -0.15) is 0 Å². The zero-order valence-corrected chi connectivity index (χ0v) is 15.8. The fraction of sp³-hybridized carbons (Fsp3) is 0.348. The minimum atomic E-state index is -0.363. The molecule has 0 atom stereocenters. The van der Waals surface area contributed by atoms with Gasteiger partial charge in [0.1, 0.15) is 11.4 Å². The molecule has 0 fully saturated rings. The monoisotopic (exact) mass is 367 g/mol. The van der Waals surface area contributed by atoms with Crippen LogP contribution in [-0.4, -0.2) is 12.3 Å². The van der Waals surface area contributed by atoms with Crippen LogP contribution in [0.15, 0.2) is 52.9 Å². The molecule has 142 valence electrons. The first-order chi connectivity index (χ1) is 13.2. The molecule has 0 saturated carbocycles. The summed E-state index contributed by atoms with van der Waals surface area (Å²) in [7, 11) is 0. The maximum Gasteiger partial charge on any atom is 0.230 e. The van der Waals surface area contributed by atoms with Crippen LogP contribution in [0, 0.1) is 5.82 Å². The van der Waals surface area contributed by atoms with Crippen LogP contribution in [0.3, 0.4) is 0 Å². The summed E-state index contributed by atoms with van der Waals surface area (Å²) in [6.07, 6.45) is 7.27. The van der Waals surface area contributed by atoms with Crippen molar-refractivity contribution in [2.45, 2.75) is 45.4 Å². The normalized spacial score (nSPS) is 11.0. The number of benzene rings is 2. The van der Waals surface area contributed by atoms with Crippen LogP contribution in [0.1, 0.15) is 61.6 Å². The van der Waals surface area contributed by atoms with Crippen LogP contribution in [0.25, 0.3) is 11.0 Å². The van der Waals surface area contributed by atoms with Gasteiger partial charge in [-0.15, -0.1) is 0 Å². The summed E-state index contributed by atoms with van der Waals surface area (Å²) in [4.78, 5) is 12.9. The number of anilines is 1. The Hall–Kier alpha value is -2.62. The molecule has 0 bridgehead atoms. The van der Waals surface area contributed by atoms with E-state index in [-0.39, 0.29) is 17.4 Å². The lowest BCUT2D eigenvalue weighted by atomic mass is 10.1. The van der Waals surface area contributed by atoms with E-state index in [9.17, 15) is 9.18 Å². The van der Waals surface area contributed by atoms with Crippen LogP contribution in [0.4, 0.5) is 10.1 Å². The smallest absolute Gasteiger partial charge is 0.230 e. The van der Waals surface area contributed by atoms with Gasteiger partial charge in [0.05, 0.1) is 5.69 Å². The number of rotatable bonds is 10. The van der Waals surface area contributed by atoms with Gasteiger partial charge in [-0.05, 0) is 42.8 Å². The largest absolute Gasteiger partial charge is 0.450 e. The molecule has 0 aliphatic rings. The van der Waals surface area contributed by atoms with Gasteiger partial charge in [-0.25, -0.2) is 4.39 Å². The van der Waals surface area contributed by atoms with Gasteiger partial charge in [0.2, 0.25) is 5.78 Å². The molecule has 3 rings (SSSR count). The lowest BCUT2D eigenvalue weighted by molar-refractivity contribution is 0.101. The maximum absolute atomic E-state index is 13.2. The Labute approximate surface area is 159 Å². The van der Waals surface area contributed by atoms with Crippen molar-refractivity contribution in [3.05, 3.63) is 65.7 Å². The summed E-state index contributed by atoms with van der Waals surface area (Å²) < 4.78 is 19.0. The third-order valence-electron chi connectivity index (χ3n) is 4.74. The number of hydrogen-bond donors (Lipinski definition) is 1. The Morgan fingerprint density at radius 1 is 0.963 bits per heavy atom. The predicted molar refractivity (Wildman–Crippen MR) is 108 cm³/mol. The standard InChI is InChI=1S/C23H26FNO2/c1-2-3-4-5-6-9-16-25-21-19-10-7-8-11-20(19)27-23(21)22(26)17-12-14-18(24)15-13-17/h7-8,10-15,25H,2-6,9,16H2,1H3. The van der Waals surface area contributed by atoms with Crippen LogP contribution in [0.2, 0.25) is 0 Å². The van der Waals surface area contributed by atoms with Crippen molar-refractivity contribution in [2.24, 2.45) is 0 Å². The molecule has 0 radical (unpaired) electrons. The lowest BCUT2D eigenvalue weighted by Crippen LogP contribution is -2.07. The van der Waals surface area contributed by atoms with E-state index in [1.807, 2.05) is 24.3 Å². The lowest BCUT2D eigenvalue weighted by Gasteiger charge is -2.07. The number of nitrogens with one attached hydrogen (secondary N) is 1. The van der Waals surface area contributed by atoms with Crippen molar-refractivity contribution in [3.8, 4) is 0 Å². The molecule has 27 heavy (non-hydrogen) atoms. The number of hydrogen-bond acceptors (Lipinski definition) is 3. The summed E-state index contributed by atoms with van der Waals surface area (Å²) in [6.45, 7) is 3.00. The van der Waals surface area contributed by atoms with E-state index in [1.165, 1.54) is 56.4 Å². The second-order valence-corrected chi connectivity index (χ2v) is 6.83. The van der Waals surface area contributed by atoms with E-state index < -0.39 is 0 Å². The Bertz CT molecular complexity index is 883. The number of furan rings is 1. The number of ketones is 1. The fourth-order valence-electron chi connectivity index (χ4n) is 3.23. The molecule has 0 aliphatic carbocycles. The Balaban J connectivity index is 1.75. The second kappa shape index (κ2) is 9.36. The number of carbonyl (C=O) groups is 1. The summed E-state index contributed by atoms with van der Waals surface area (Å²) in [5, 5.41) is 4.30. The van der Waals surface area contributed by atoms with Crippen molar-refractivity contribution in [2.75, 3.05) is 11.9 Å². The number of halogens is 1. The number of para-hydroxylation sites is 1. The van der Waals surface area contributed by atoms with Gasteiger partial charge in [0.15, 0.2) is 5.76 Å². The quantitative estimate of drug-likeness (QED) is 0.325. The molecule has 0 saturated heterocycles. The fourth-order valence-corrected chi connectivity index (χ4v) is 3.23. The minimum absolute atomic E-state index is 0.239. The van der Waals surface area contributed by atoms with Crippen molar-refractivity contribution < 1.29 is 13.6 Å². The summed E-state index contributed by atoms with van der Waals surface area (Å²) in [5.41, 5.74) is 1.82. The summed E-state index contributed by atoms with van der Waals surface area (Å²) in [5.74, 6) is -0.317. The first-order valence-corrected chi connectivity index (χ1v) is 9.76. The third-order valence-corrected chi connectivity index (χ3v) is 4.74. The van der Waals surface area contributed by atoms with Gasteiger partial charge in [-0.3, -0.25) is 4.79 Å². The molecule has 0 amide bonds. The van der Waals surface area contributed by atoms with Gasteiger partial charge >= 0.3 is 0 Å². The van der Waals surface area contributed by atoms with Crippen LogP contribution in [-0.2, 0) is 0 Å². The molecule has 1 N–H and O–H groups in total. The van der Waals surface area contributed by atoms with E-state index in [4.69, 9.17) is 4.42 Å². The maximum atomic E-state index is 13.2. The Morgan fingerprint density at radius 3 is 2.44 bits per heavy atom. The highest BCUT2D eigenvalue weighted by atomic mass is 19.1. The van der Waals surface area contributed by atoms with E-state index in [0.717, 1.165) is 24.0 Å². The van der Waals surface area contributed by atoms with E-state index in [2.05, 4.69) is 12.2 Å². The average molecular weight is 367 g/mol. The highest BCUT2D eigenvalue weighted by Gasteiger charge is 2.21. The van der Waals surface area contributed by atoms with Gasteiger partial charge in [0.25, 0.3) is 0 Å². The number of carbonyl (C=O) groups excluding carboxylic acids is 1. The number of fused-ring (bicyclic) bond motifs is 1. The third kappa shape index (κ3) is 4.76. The summed E-state index contributed by atoms with van der Waals surface area (Å²) >= 11 is 0. The van der Waals surface area contributed by atoms with Crippen molar-refractivity contribution in [1.82, 2.24) is 0 Å².